The lowest BCUT2D eigenvalue weighted by Gasteiger charge is -2.32. The van der Waals surface area contributed by atoms with Crippen LogP contribution in [0, 0.1) is 17.8 Å². The summed E-state index contributed by atoms with van der Waals surface area (Å²) in [4.78, 5) is 24.1. The average molecular weight is 583 g/mol. The summed E-state index contributed by atoms with van der Waals surface area (Å²) in [5.41, 5.74) is 2.15. The number of aliphatic hydroxyl groups is 2. The van der Waals surface area contributed by atoms with Crippen LogP contribution < -0.4 is 0 Å². The van der Waals surface area contributed by atoms with Gasteiger partial charge in [-0.05, 0) is 60.5 Å². The third kappa shape index (κ3) is 11.0. The molecule has 0 aliphatic heterocycles. The van der Waals surface area contributed by atoms with Crippen molar-refractivity contribution in [1.29, 1.82) is 0 Å². The van der Waals surface area contributed by atoms with E-state index >= 15 is 0 Å². The minimum Gasteiger partial charge on any atom is -0.461 e. The summed E-state index contributed by atoms with van der Waals surface area (Å²) in [6, 6.07) is 8.34. The summed E-state index contributed by atoms with van der Waals surface area (Å²) >= 11 is 0. The van der Waals surface area contributed by atoms with Gasteiger partial charge < -0.3 is 19.7 Å². The van der Waals surface area contributed by atoms with Crippen LogP contribution in [-0.4, -0.2) is 48.6 Å². The van der Waals surface area contributed by atoms with E-state index in [0.717, 1.165) is 23.3 Å². The quantitative estimate of drug-likeness (QED) is 0.113. The number of benzene rings is 1. The molecule has 1 aromatic carbocycles. The molecule has 6 nitrogen and oxygen atoms in total. The monoisotopic (exact) mass is 582 g/mol. The van der Waals surface area contributed by atoms with E-state index in [1.807, 2.05) is 12.1 Å². The van der Waals surface area contributed by atoms with Crippen LogP contribution in [0.3, 0.4) is 0 Å². The zero-order valence-electron chi connectivity index (χ0n) is 25.9. The molecule has 3 rings (SSSR count). The first-order valence-electron chi connectivity index (χ1n) is 16.4. The Hall–Kier alpha value is -2.44. The van der Waals surface area contributed by atoms with Crippen LogP contribution in [0.1, 0.15) is 120 Å². The van der Waals surface area contributed by atoms with Gasteiger partial charge in [-0.1, -0.05) is 109 Å². The van der Waals surface area contributed by atoms with Gasteiger partial charge in [0.1, 0.15) is 13.2 Å². The number of aliphatic hydroxyl groups excluding tert-OH is 2. The summed E-state index contributed by atoms with van der Waals surface area (Å²) in [6.07, 6.45) is 19.3. The van der Waals surface area contributed by atoms with Gasteiger partial charge in [0, 0.05) is 0 Å². The van der Waals surface area contributed by atoms with E-state index in [4.69, 9.17) is 19.7 Å². The molecule has 2 aliphatic carbocycles. The lowest BCUT2D eigenvalue weighted by atomic mass is 9.74. The Morgan fingerprint density at radius 1 is 0.738 bits per heavy atom. The molecule has 42 heavy (non-hydrogen) atoms. The Morgan fingerprint density at radius 3 is 1.64 bits per heavy atom. The van der Waals surface area contributed by atoms with Crippen LogP contribution in [0.5, 0.6) is 0 Å². The Morgan fingerprint density at radius 2 is 1.19 bits per heavy atom. The first-order chi connectivity index (χ1) is 20.3. The standard InChI is InChI=1S/C36H54O6/c1-4-5-6-7-28-8-10-29(11-9-28)12-13-30-14-16-31(17-15-30)32-18-20-33(21-19-32)34(24-41-35(39)26(2)22-37)25-42-36(40)27(3)23-38/h18-21,28-31,34,37-38H,2-17,22-25H2,1H3. The second-order valence-corrected chi connectivity index (χ2v) is 12.8. The smallest absolute Gasteiger partial charge is 0.335 e. The molecule has 2 aliphatic rings. The molecule has 234 valence electrons. The molecule has 2 saturated carbocycles. The third-order valence-electron chi connectivity index (χ3n) is 9.68. The van der Waals surface area contributed by atoms with E-state index in [-0.39, 0.29) is 24.4 Å². The van der Waals surface area contributed by atoms with Crippen LogP contribution in [-0.2, 0) is 19.1 Å². The van der Waals surface area contributed by atoms with Crippen LogP contribution in [0.25, 0.3) is 0 Å². The van der Waals surface area contributed by atoms with Gasteiger partial charge in [0.15, 0.2) is 0 Å². The van der Waals surface area contributed by atoms with Gasteiger partial charge in [0.2, 0.25) is 0 Å². The Kier molecular flexibility index (Phi) is 14.8. The molecule has 0 amide bonds. The highest BCUT2D eigenvalue weighted by Crippen LogP contribution is 2.40. The number of ether oxygens (including phenoxy) is 2. The first-order valence-corrected chi connectivity index (χ1v) is 16.4. The first kappa shape index (κ1) is 34.1. The van der Waals surface area contributed by atoms with Crippen molar-refractivity contribution < 1.29 is 29.3 Å². The fraction of sp³-hybridized carbons (Fsp3) is 0.667. The molecule has 0 aromatic heterocycles. The van der Waals surface area contributed by atoms with Crippen molar-refractivity contribution in [2.75, 3.05) is 26.4 Å². The summed E-state index contributed by atoms with van der Waals surface area (Å²) < 4.78 is 10.6. The summed E-state index contributed by atoms with van der Waals surface area (Å²) in [5, 5.41) is 18.3. The lowest BCUT2D eigenvalue weighted by Crippen LogP contribution is -2.21. The molecule has 2 fully saturated rings. The van der Waals surface area contributed by atoms with Gasteiger partial charge >= 0.3 is 11.9 Å². The number of hydrogen-bond donors (Lipinski definition) is 2. The zero-order valence-corrected chi connectivity index (χ0v) is 25.9. The number of unbranched alkanes of at least 4 members (excludes halogenated alkanes) is 2. The molecule has 0 saturated heterocycles. The van der Waals surface area contributed by atoms with Gasteiger partial charge in [-0.15, -0.1) is 0 Å². The molecule has 2 N–H and O–H groups in total. The Bertz CT molecular complexity index is 951. The van der Waals surface area contributed by atoms with Gasteiger partial charge in [0.05, 0.1) is 30.3 Å². The molecular weight excluding hydrogens is 528 g/mol. The molecule has 1 aromatic rings. The Labute approximate surface area is 253 Å². The predicted octanol–water partition coefficient (Wildman–Crippen LogP) is 7.39. The van der Waals surface area contributed by atoms with Crippen molar-refractivity contribution in [3.63, 3.8) is 0 Å². The van der Waals surface area contributed by atoms with Crippen molar-refractivity contribution in [2.45, 2.75) is 109 Å². The topological polar surface area (TPSA) is 93.1 Å². The van der Waals surface area contributed by atoms with Crippen molar-refractivity contribution in [3.8, 4) is 0 Å². The second-order valence-electron chi connectivity index (χ2n) is 12.8. The van der Waals surface area contributed by atoms with Crippen molar-refractivity contribution >= 4 is 11.9 Å². The van der Waals surface area contributed by atoms with Crippen molar-refractivity contribution in [1.82, 2.24) is 0 Å². The van der Waals surface area contributed by atoms with Crippen molar-refractivity contribution in [2.24, 2.45) is 17.8 Å². The Balaban J connectivity index is 1.46. The van der Waals surface area contributed by atoms with E-state index in [0.29, 0.717) is 5.92 Å². The SMILES string of the molecule is C=C(CO)C(=O)OCC(COC(=O)C(=C)CO)c1ccc(C2CCC(CCC3CCC(CCCCC)CC3)CC2)cc1. The molecule has 6 heteroatoms. The van der Waals surface area contributed by atoms with E-state index in [9.17, 15) is 9.59 Å². The van der Waals surface area contributed by atoms with Crippen LogP contribution in [0.2, 0.25) is 0 Å². The highest BCUT2D eigenvalue weighted by atomic mass is 16.5. The fourth-order valence-corrected chi connectivity index (χ4v) is 6.71. The minimum atomic E-state index is -0.683. The maximum absolute atomic E-state index is 12.0. The fourth-order valence-electron chi connectivity index (χ4n) is 6.71. The highest BCUT2D eigenvalue weighted by Gasteiger charge is 2.26. The maximum atomic E-state index is 12.0. The maximum Gasteiger partial charge on any atom is 0.335 e. The third-order valence-corrected chi connectivity index (χ3v) is 9.68. The van der Waals surface area contributed by atoms with Gasteiger partial charge in [-0.3, -0.25) is 0 Å². The average Bonchev–Trinajstić information content (AvgIpc) is 3.03. The molecule has 0 spiro atoms. The molecule has 0 heterocycles. The summed E-state index contributed by atoms with van der Waals surface area (Å²) in [5.74, 6) is 1.60. The number of hydrogen-bond acceptors (Lipinski definition) is 6. The van der Waals surface area contributed by atoms with Crippen LogP contribution in [0.4, 0.5) is 0 Å². The number of rotatable bonds is 17. The highest BCUT2D eigenvalue weighted by molar-refractivity contribution is 5.88. The number of carbonyl (C=O) groups excluding carboxylic acids is 2. The van der Waals surface area contributed by atoms with Crippen LogP contribution in [0.15, 0.2) is 48.6 Å². The van der Waals surface area contributed by atoms with Gasteiger partial charge in [-0.2, -0.15) is 0 Å². The van der Waals surface area contributed by atoms with E-state index in [1.54, 1.807) is 0 Å². The molecule has 0 atom stereocenters. The van der Waals surface area contributed by atoms with E-state index in [1.165, 1.54) is 95.5 Å². The van der Waals surface area contributed by atoms with E-state index in [2.05, 4.69) is 32.2 Å². The van der Waals surface area contributed by atoms with Gasteiger partial charge in [0.25, 0.3) is 0 Å². The molecular formula is C36H54O6. The minimum absolute atomic E-state index is 0.0261. The van der Waals surface area contributed by atoms with Crippen LogP contribution >= 0.6 is 0 Å². The zero-order chi connectivity index (χ0) is 30.3. The lowest BCUT2D eigenvalue weighted by molar-refractivity contribution is -0.142. The molecule has 0 radical (unpaired) electrons. The summed E-state index contributed by atoms with van der Waals surface area (Å²) in [7, 11) is 0. The van der Waals surface area contributed by atoms with Crippen molar-refractivity contribution in [3.05, 3.63) is 59.7 Å². The molecule has 0 bridgehead atoms. The summed E-state index contributed by atoms with van der Waals surface area (Å²) in [6.45, 7) is 8.28. The van der Waals surface area contributed by atoms with Gasteiger partial charge in [-0.25, -0.2) is 9.59 Å². The number of carbonyl (C=O) groups is 2. The normalized spacial score (nSPS) is 22.5. The number of esters is 2. The molecule has 0 unspecified atom stereocenters. The second kappa shape index (κ2) is 18.3. The van der Waals surface area contributed by atoms with E-state index < -0.39 is 31.1 Å². The largest absolute Gasteiger partial charge is 0.461 e. The predicted molar refractivity (Wildman–Crippen MR) is 167 cm³/mol.